The first-order chi connectivity index (χ1) is 34.6. The predicted octanol–water partition coefficient (Wildman–Crippen LogP) is 6.62. The van der Waals surface area contributed by atoms with Gasteiger partial charge >= 0.3 is 35.7 Å². The number of nitrogens with zero attached hydrogens (tertiary/aromatic N) is 8. The minimum Gasteiger partial charge on any atom is -0.463 e. The molecule has 0 unspecified atom stereocenters. The lowest BCUT2D eigenvalue weighted by Gasteiger charge is -2.15. The summed E-state index contributed by atoms with van der Waals surface area (Å²) >= 11 is 11.9. The Hall–Kier alpha value is -8.02. The largest absolute Gasteiger partial charge is 0.463 e. The van der Waals surface area contributed by atoms with Gasteiger partial charge in [0.25, 0.3) is 29.3 Å². The zero-order chi connectivity index (χ0) is 55.0. The molecular formula is C42H32Cl2F10N8O12. The molecule has 0 spiro atoms. The van der Waals surface area contributed by atoms with E-state index in [1.54, 1.807) is 0 Å². The Morgan fingerprint density at radius 3 is 1.35 bits per heavy atom. The van der Waals surface area contributed by atoms with E-state index >= 15 is 0 Å². The number of hydrogen-bond acceptors (Lipinski definition) is 16. The molecule has 0 amide bonds. The van der Waals surface area contributed by atoms with Crippen LogP contribution in [0, 0.1) is 17.6 Å². The van der Waals surface area contributed by atoms with Crippen LogP contribution >= 0.6 is 23.2 Å². The third-order valence-electron chi connectivity index (χ3n) is 8.89. The van der Waals surface area contributed by atoms with Gasteiger partial charge in [0.2, 0.25) is 11.8 Å². The predicted molar refractivity (Wildman–Crippen MR) is 232 cm³/mol. The summed E-state index contributed by atoms with van der Waals surface area (Å²) in [6.45, 7) is 1.34. The molecule has 0 aromatic carbocycles. The summed E-state index contributed by atoms with van der Waals surface area (Å²) in [6.07, 6.45) is -10.4. The molecule has 0 aliphatic rings. The van der Waals surface area contributed by atoms with Gasteiger partial charge in [-0.2, -0.15) is 36.3 Å². The number of halogens is 12. The van der Waals surface area contributed by atoms with Crippen molar-refractivity contribution in [3.63, 3.8) is 0 Å². The number of hydrogen-bond donors (Lipinski definition) is 0. The third kappa shape index (κ3) is 14.1. The second-order valence-electron chi connectivity index (χ2n) is 14.8. The second kappa shape index (κ2) is 23.7. The fourth-order valence-corrected chi connectivity index (χ4v) is 5.96. The van der Waals surface area contributed by atoms with E-state index in [1.807, 2.05) is 13.8 Å². The molecule has 20 nitrogen and oxygen atoms in total. The molecule has 74 heavy (non-hydrogen) atoms. The maximum atomic E-state index is 14.7. The molecule has 0 aliphatic carbocycles. The summed E-state index contributed by atoms with van der Waals surface area (Å²) < 4.78 is 163. The summed E-state index contributed by atoms with van der Waals surface area (Å²) in [7, 11) is 1.48. The van der Waals surface area contributed by atoms with Gasteiger partial charge in [-0.3, -0.25) is 18.7 Å². The van der Waals surface area contributed by atoms with Gasteiger partial charge in [0.1, 0.15) is 21.4 Å². The van der Waals surface area contributed by atoms with E-state index in [0.29, 0.717) is 12.1 Å². The lowest BCUT2D eigenvalue weighted by atomic mass is 10.2. The van der Waals surface area contributed by atoms with Crippen molar-refractivity contribution in [1.29, 1.82) is 0 Å². The van der Waals surface area contributed by atoms with Crippen molar-refractivity contribution in [2.45, 2.75) is 32.6 Å². The number of ether oxygens (including phenoxy) is 6. The highest BCUT2D eigenvalue weighted by Crippen LogP contribution is 2.36. The van der Waals surface area contributed by atoms with E-state index in [-0.39, 0.29) is 66.2 Å². The Kier molecular flexibility index (Phi) is 18.2. The van der Waals surface area contributed by atoms with Gasteiger partial charge in [-0.15, -0.1) is 0 Å². The lowest BCUT2D eigenvalue weighted by Crippen LogP contribution is -2.41. The molecule has 32 heteroatoms. The summed E-state index contributed by atoms with van der Waals surface area (Å²) in [5, 5.41) is -0.909. The fourth-order valence-electron chi connectivity index (χ4n) is 5.61. The van der Waals surface area contributed by atoms with Gasteiger partial charge in [-0.1, -0.05) is 37.0 Å². The zero-order valence-electron chi connectivity index (χ0n) is 37.8. The molecule has 0 radical (unpaired) electrons. The minimum absolute atomic E-state index is 0.0352. The first-order valence-electron chi connectivity index (χ1n) is 20.2. The smallest absolute Gasteiger partial charge is 0.431 e. The molecule has 0 saturated carbocycles. The maximum absolute atomic E-state index is 14.7. The summed E-state index contributed by atoms with van der Waals surface area (Å²) in [4.78, 5) is 88.1. The molecule has 0 fully saturated rings. The van der Waals surface area contributed by atoms with Crippen LogP contribution in [0.4, 0.5) is 43.9 Å². The molecular weight excluding hydrogens is 1070 g/mol. The SMILES string of the molecule is CC(C)COC(=O)COc1ncccc1Oc1nc(-n2c(=O)cc(C(F)(F)F)n(C)c2=O)c(F)cc1Cl.Cn1c(C(F)(F)F)cc(=O)n(-c2nc(Oc3cccnc3OCC(=O)OCC(F)F)c(Cl)cc2F)c1=O. The van der Waals surface area contributed by atoms with Crippen molar-refractivity contribution in [2.24, 2.45) is 20.0 Å². The van der Waals surface area contributed by atoms with Crippen LogP contribution in [0.1, 0.15) is 25.2 Å². The van der Waals surface area contributed by atoms with Crippen LogP contribution in [0.2, 0.25) is 10.0 Å². The van der Waals surface area contributed by atoms with Crippen molar-refractivity contribution in [1.82, 2.24) is 38.2 Å². The van der Waals surface area contributed by atoms with E-state index in [0.717, 1.165) is 14.1 Å². The van der Waals surface area contributed by atoms with Crippen LogP contribution in [0.5, 0.6) is 35.0 Å². The van der Waals surface area contributed by atoms with Gasteiger partial charge < -0.3 is 28.4 Å². The minimum atomic E-state index is -5.05. The van der Waals surface area contributed by atoms with Crippen molar-refractivity contribution in [3.05, 3.63) is 136 Å². The van der Waals surface area contributed by atoms with Gasteiger partial charge in [0, 0.05) is 50.8 Å². The van der Waals surface area contributed by atoms with E-state index in [1.165, 1.54) is 36.7 Å². The van der Waals surface area contributed by atoms with E-state index < -0.39 is 129 Å². The Labute approximate surface area is 415 Å². The summed E-state index contributed by atoms with van der Waals surface area (Å²) in [5.74, 6) is -8.53. The van der Waals surface area contributed by atoms with Gasteiger partial charge in [0.15, 0.2) is 54.6 Å². The lowest BCUT2D eigenvalue weighted by molar-refractivity contribution is -0.150. The number of aromatic nitrogens is 8. The highest BCUT2D eigenvalue weighted by Gasteiger charge is 2.37. The molecule has 0 N–H and O–H groups in total. The van der Waals surface area contributed by atoms with Gasteiger partial charge in [0.05, 0.1) is 6.61 Å². The van der Waals surface area contributed by atoms with Crippen molar-refractivity contribution in [3.8, 4) is 46.7 Å². The fraction of sp³-hybridized carbons (Fsp3) is 0.286. The highest BCUT2D eigenvalue weighted by atomic mass is 35.5. The Morgan fingerprint density at radius 2 is 1.00 bits per heavy atom. The molecule has 6 aromatic heterocycles. The van der Waals surface area contributed by atoms with Crippen LogP contribution in [-0.4, -0.2) is 83.0 Å². The topological polar surface area (TPSA) is 229 Å². The Balaban J connectivity index is 0.000000274. The first-order valence-corrected chi connectivity index (χ1v) is 21.0. The second-order valence-corrected chi connectivity index (χ2v) is 15.6. The molecule has 0 aliphatic heterocycles. The average Bonchev–Trinajstić information content (AvgIpc) is 3.31. The highest BCUT2D eigenvalue weighted by molar-refractivity contribution is 6.32. The molecule has 396 valence electrons. The van der Waals surface area contributed by atoms with Crippen LogP contribution in [0.3, 0.4) is 0 Å². The molecule has 6 aromatic rings. The molecule has 0 bridgehead atoms. The van der Waals surface area contributed by atoms with Crippen LogP contribution in [0.15, 0.2) is 80.1 Å². The maximum Gasteiger partial charge on any atom is 0.431 e. The quantitative estimate of drug-likeness (QED) is 0.0732. The normalized spacial score (nSPS) is 11.5. The van der Waals surface area contributed by atoms with Crippen molar-refractivity contribution < 1.29 is 81.9 Å². The zero-order valence-corrected chi connectivity index (χ0v) is 39.3. The monoisotopic (exact) mass is 1100 g/mol. The number of carbonyl (C=O) groups excluding carboxylic acids is 2. The van der Waals surface area contributed by atoms with E-state index in [9.17, 15) is 72.7 Å². The van der Waals surface area contributed by atoms with Crippen LogP contribution in [0.25, 0.3) is 11.6 Å². The molecule has 6 heterocycles. The molecule has 0 saturated heterocycles. The summed E-state index contributed by atoms with van der Waals surface area (Å²) in [5.41, 5.74) is -9.21. The average molecular weight is 1100 g/mol. The summed E-state index contributed by atoms with van der Waals surface area (Å²) in [6, 6.07) is 6.76. The Morgan fingerprint density at radius 1 is 0.622 bits per heavy atom. The van der Waals surface area contributed by atoms with Gasteiger partial charge in [-0.25, -0.2) is 55.8 Å². The van der Waals surface area contributed by atoms with Gasteiger partial charge in [-0.05, 0) is 30.2 Å². The van der Waals surface area contributed by atoms with Crippen molar-refractivity contribution in [2.75, 3.05) is 26.4 Å². The van der Waals surface area contributed by atoms with Crippen molar-refractivity contribution >= 4 is 35.1 Å². The third-order valence-corrected chi connectivity index (χ3v) is 9.43. The number of esters is 2. The standard InChI is InChI=1S/C22H19ClF4N4O6.C20H13ClF6N4O6/c1-11(2)9-35-17(33)10-36-20-14(5-4-6-28-20)37-19-12(23)7-13(24)18(29-19)31-16(32)8-15(22(25,26)27)30(3)21(31)34;1-30-12(20(25,26)27)6-14(32)31(19(30)34)16-10(22)5-9(21)17(29-16)37-11-3-2-4-28-18(11)36-8-15(33)35-7-13(23)24/h4-8,11H,9-10H2,1-3H3;2-6,13H,7-8H2,1H3. The molecule has 6 rings (SSSR count). The van der Waals surface area contributed by atoms with Crippen LogP contribution in [-0.2, 0) is 45.5 Å². The molecule has 0 atom stereocenters. The number of rotatable bonds is 16. The van der Waals surface area contributed by atoms with E-state index in [2.05, 4.69) is 24.7 Å². The number of carbonyl (C=O) groups is 2. The Bertz CT molecular complexity index is 3100. The van der Waals surface area contributed by atoms with Crippen LogP contribution < -0.4 is 41.4 Å². The number of pyridine rings is 4. The number of alkyl halides is 8. The first kappa shape index (κ1) is 56.9. The van der Waals surface area contributed by atoms with E-state index in [4.69, 9.17) is 46.9 Å².